The van der Waals surface area contributed by atoms with Crippen LogP contribution in [0, 0.1) is 13.8 Å². The van der Waals surface area contributed by atoms with Crippen LogP contribution in [-0.2, 0) is 10.0 Å². The summed E-state index contributed by atoms with van der Waals surface area (Å²) in [5.41, 5.74) is 2.27. The Bertz CT molecular complexity index is 1200. The molecule has 4 rings (SSSR count). The maximum absolute atomic E-state index is 13.0. The van der Waals surface area contributed by atoms with E-state index >= 15 is 0 Å². The highest BCUT2D eigenvalue weighted by molar-refractivity contribution is 7.94. The zero-order valence-corrected chi connectivity index (χ0v) is 17.1. The number of carbonyl (C=O) groups excluding carboxylic acids is 1. The van der Waals surface area contributed by atoms with Crippen molar-refractivity contribution in [1.82, 2.24) is 0 Å². The van der Waals surface area contributed by atoms with Crippen molar-refractivity contribution in [3.8, 4) is 11.5 Å². The number of rotatable bonds is 3. The van der Waals surface area contributed by atoms with E-state index in [0.717, 1.165) is 10.4 Å². The molecule has 0 saturated heterocycles. The Hall–Kier alpha value is -2.84. The first-order chi connectivity index (χ1) is 13.2. The molecule has 0 saturated carbocycles. The summed E-state index contributed by atoms with van der Waals surface area (Å²) in [4.78, 5) is 15.4. The number of anilines is 2. The summed E-state index contributed by atoms with van der Waals surface area (Å²) in [6.45, 7) is 3.78. The largest absolute Gasteiger partial charge is 0.454 e. The average molecular weight is 415 g/mol. The summed E-state index contributed by atoms with van der Waals surface area (Å²) in [6, 6.07) is 13.6. The van der Waals surface area contributed by atoms with Gasteiger partial charge in [0.1, 0.15) is 9.96 Å². The number of benzene rings is 2. The lowest BCUT2D eigenvalue weighted by Crippen LogP contribution is -2.25. The molecule has 1 aromatic heterocycles. The maximum atomic E-state index is 13.0. The number of fused-ring (bicyclic) bond motifs is 2. The summed E-state index contributed by atoms with van der Waals surface area (Å²) >= 11 is 1.19. The number of thiophene rings is 1. The monoisotopic (exact) mass is 414 g/mol. The highest BCUT2D eigenvalue weighted by Crippen LogP contribution is 2.39. The molecule has 0 radical (unpaired) electrons. The van der Waals surface area contributed by atoms with Gasteiger partial charge in [-0.15, -0.1) is 11.3 Å². The molecule has 8 heteroatoms. The fourth-order valence-electron chi connectivity index (χ4n) is 3.00. The van der Waals surface area contributed by atoms with Crippen LogP contribution >= 0.6 is 11.3 Å². The second-order valence-electron chi connectivity index (χ2n) is 6.62. The number of hydrogen-bond donors (Lipinski definition) is 1. The summed E-state index contributed by atoms with van der Waals surface area (Å²) in [6.07, 6.45) is 0. The van der Waals surface area contributed by atoms with Crippen molar-refractivity contribution >= 4 is 38.6 Å². The van der Waals surface area contributed by atoms with Gasteiger partial charge in [0.05, 0.1) is 11.3 Å². The minimum Gasteiger partial charge on any atom is -0.454 e. The minimum atomic E-state index is -3.72. The highest BCUT2D eigenvalue weighted by Gasteiger charge is 2.27. The van der Waals surface area contributed by atoms with E-state index in [9.17, 15) is 13.2 Å². The molecule has 0 bridgehead atoms. The van der Waals surface area contributed by atoms with Crippen LogP contribution in [0.15, 0.2) is 52.7 Å². The minimum absolute atomic E-state index is 0.225. The van der Waals surface area contributed by atoms with Gasteiger partial charge in [0.15, 0.2) is 5.75 Å². The van der Waals surface area contributed by atoms with Crippen LogP contribution in [0.2, 0.25) is 0 Å². The molecule has 0 aliphatic carbocycles. The third-order valence-corrected chi connectivity index (χ3v) is 7.32. The normalized spacial score (nSPS) is 13.4. The Balaban J connectivity index is 1.72. The topological polar surface area (TPSA) is 75.7 Å². The Morgan fingerprint density at radius 3 is 2.46 bits per heavy atom. The molecule has 2 heterocycles. The molecular weight excluding hydrogens is 396 g/mol. The first kappa shape index (κ1) is 18.5. The Labute approximate surface area is 167 Å². The molecule has 3 aromatic rings. The van der Waals surface area contributed by atoms with Gasteiger partial charge >= 0.3 is 0 Å². The molecule has 1 amide bonds. The van der Waals surface area contributed by atoms with Crippen molar-refractivity contribution < 1.29 is 17.9 Å². The Morgan fingerprint density at radius 1 is 1.00 bits per heavy atom. The smallest absolute Gasteiger partial charge is 0.271 e. The van der Waals surface area contributed by atoms with Crippen LogP contribution in [0.4, 0.5) is 11.4 Å². The SMILES string of the molecule is Cc1ccc2c(c1)N(C)C(=O)c1cc(NS(=O)(=O)c3ccc(C)s3)ccc1O2. The van der Waals surface area contributed by atoms with Gasteiger partial charge in [-0.05, 0) is 61.9 Å². The van der Waals surface area contributed by atoms with Crippen molar-refractivity contribution in [3.05, 3.63) is 64.5 Å². The van der Waals surface area contributed by atoms with E-state index in [1.165, 1.54) is 22.3 Å². The number of nitrogens with zero attached hydrogens (tertiary/aromatic N) is 1. The van der Waals surface area contributed by atoms with Gasteiger partial charge in [0, 0.05) is 17.6 Å². The van der Waals surface area contributed by atoms with Crippen LogP contribution in [0.1, 0.15) is 20.8 Å². The van der Waals surface area contributed by atoms with Gasteiger partial charge in [-0.3, -0.25) is 9.52 Å². The molecule has 144 valence electrons. The van der Waals surface area contributed by atoms with E-state index in [0.29, 0.717) is 28.4 Å². The fraction of sp³-hybridized carbons (Fsp3) is 0.150. The van der Waals surface area contributed by atoms with Crippen LogP contribution < -0.4 is 14.4 Å². The summed E-state index contributed by atoms with van der Waals surface area (Å²) in [5, 5.41) is 0. The second kappa shape index (κ2) is 6.65. The molecule has 28 heavy (non-hydrogen) atoms. The zero-order valence-electron chi connectivity index (χ0n) is 15.5. The zero-order chi connectivity index (χ0) is 20.1. The summed E-state index contributed by atoms with van der Waals surface area (Å²) < 4.78 is 33.9. The molecule has 6 nitrogen and oxygen atoms in total. The van der Waals surface area contributed by atoms with Gasteiger partial charge < -0.3 is 9.64 Å². The van der Waals surface area contributed by atoms with Crippen LogP contribution in [0.25, 0.3) is 0 Å². The van der Waals surface area contributed by atoms with Gasteiger partial charge in [-0.2, -0.15) is 0 Å². The second-order valence-corrected chi connectivity index (χ2v) is 9.82. The first-order valence-electron chi connectivity index (χ1n) is 8.54. The van der Waals surface area contributed by atoms with Crippen LogP contribution in [0.5, 0.6) is 11.5 Å². The van der Waals surface area contributed by atoms with Gasteiger partial charge in [-0.25, -0.2) is 8.42 Å². The predicted molar refractivity (Wildman–Crippen MR) is 110 cm³/mol. The van der Waals surface area contributed by atoms with Crippen molar-refractivity contribution in [2.24, 2.45) is 0 Å². The number of ether oxygens (including phenoxy) is 1. The van der Waals surface area contributed by atoms with E-state index in [1.54, 1.807) is 31.3 Å². The lowest BCUT2D eigenvalue weighted by Gasteiger charge is -2.16. The van der Waals surface area contributed by atoms with Crippen molar-refractivity contribution in [1.29, 1.82) is 0 Å². The van der Waals surface area contributed by atoms with Gasteiger partial charge in [0.25, 0.3) is 15.9 Å². The standard InChI is InChI=1S/C20H18N2O4S2/c1-12-4-7-18-16(10-12)22(3)20(23)15-11-14(6-8-17(15)26-18)21-28(24,25)19-9-5-13(2)27-19/h4-11,21H,1-3H3. The van der Waals surface area contributed by atoms with Gasteiger partial charge in [0.2, 0.25) is 0 Å². The lowest BCUT2D eigenvalue weighted by atomic mass is 10.1. The number of nitrogens with one attached hydrogen (secondary N) is 1. The van der Waals surface area contributed by atoms with Crippen LogP contribution in [0.3, 0.4) is 0 Å². The number of hydrogen-bond acceptors (Lipinski definition) is 5. The molecule has 0 fully saturated rings. The fourth-order valence-corrected chi connectivity index (χ4v) is 5.33. The first-order valence-corrected chi connectivity index (χ1v) is 10.8. The molecule has 0 spiro atoms. The molecular formula is C20H18N2O4S2. The van der Waals surface area contributed by atoms with E-state index in [4.69, 9.17) is 4.74 Å². The third kappa shape index (κ3) is 3.25. The third-order valence-electron chi connectivity index (χ3n) is 4.44. The summed E-state index contributed by atoms with van der Waals surface area (Å²) in [5.74, 6) is 0.685. The number of aryl methyl sites for hydroxylation is 2. The lowest BCUT2D eigenvalue weighted by molar-refractivity contribution is 0.0993. The Morgan fingerprint density at radius 2 is 1.75 bits per heavy atom. The Kier molecular flexibility index (Phi) is 4.40. The quantitative estimate of drug-likeness (QED) is 0.682. The van der Waals surface area contributed by atoms with Gasteiger partial charge in [-0.1, -0.05) is 6.07 Å². The molecule has 1 aliphatic heterocycles. The van der Waals surface area contributed by atoms with E-state index in [1.807, 2.05) is 32.0 Å². The number of sulfonamides is 1. The van der Waals surface area contributed by atoms with Crippen molar-refractivity contribution in [2.75, 3.05) is 16.7 Å². The molecule has 1 N–H and O–H groups in total. The molecule has 1 aliphatic rings. The molecule has 0 unspecified atom stereocenters. The average Bonchev–Trinajstić information content (AvgIpc) is 3.06. The number of carbonyl (C=O) groups is 1. The summed E-state index contributed by atoms with van der Waals surface area (Å²) in [7, 11) is -2.04. The van der Waals surface area contributed by atoms with E-state index in [2.05, 4.69) is 4.72 Å². The maximum Gasteiger partial charge on any atom is 0.271 e. The van der Waals surface area contributed by atoms with E-state index in [-0.39, 0.29) is 10.1 Å². The molecule has 2 aromatic carbocycles. The van der Waals surface area contributed by atoms with Crippen molar-refractivity contribution in [2.45, 2.75) is 18.1 Å². The predicted octanol–water partition coefficient (Wildman–Crippen LogP) is 4.55. The highest BCUT2D eigenvalue weighted by atomic mass is 32.2. The van der Waals surface area contributed by atoms with Crippen LogP contribution in [-0.4, -0.2) is 21.4 Å². The number of amides is 1. The molecule has 0 atom stereocenters. The van der Waals surface area contributed by atoms with Crippen molar-refractivity contribution in [3.63, 3.8) is 0 Å². The van der Waals surface area contributed by atoms with E-state index < -0.39 is 10.0 Å².